The third kappa shape index (κ3) is 3.31. The number of aryl methyl sites for hydroxylation is 1. The standard InChI is InChI=1S/C15H18N4O4S/c1-10(20)16-13-3-5-14(6-4-13)24(21,22)19-8-7-12(9-19)15-18-17-11(2)23-15/h3-6,12H,7-9H2,1-2H3,(H,16,20). The third-order valence-corrected chi connectivity index (χ3v) is 5.73. The number of hydrogen-bond acceptors (Lipinski definition) is 6. The van der Waals surface area contributed by atoms with E-state index in [2.05, 4.69) is 15.5 Å². The van der Waals surface area contributed by atoms with Gasteiger partial charge in [0.25, 0.3) is 0 Å². The maximum atomic E-state index is 12.7. The van der Waals surface area contributed by atoms with Crippen molar-refractivity contribution < 1.29 is 17.6 Å². The van der Waals surface area contributed by atoms with E-state index >= 15 is 0 Å². The summed E-state index contributed by atoms with van der Waals surface area (Å²) in [5, 5.41) is 10.4. The molecule has 1 saturated heterocycles. The number of hydrogen-bond donors (Lipinski definition) is 1. The highest BCUT2D eigenvalue weighted by molar-refractivity contribution is 7.89. The molecule has 0 bridgehead atoms. The van der Waals surface area contributed by atoms with E-state index < -0.39 is 10.0 Å². The molecule has 1 amide bonds. The Morgan fingerprint density at radius 2 is 2.00 bits per heavy atom. The molecular formula is C15H18N4O4S. The first kappa shape index (κ1) is 16.6. The van der Waals surface area contributed by atoms with Gasteiger partial charge in [0, 0.05) is 32.6 Å². The van der Waals surface area contributed by atoms with Crippen molar-refractivity contribution in [2.45, 2.75) is 31.1 Å². The third-order valence-electron chi connectivity index (χ3n) is 3.85. The van der Waals surface area contributed by atoms with Gasteiger partial charge in [0.2, 0.25) is 27.7 Å². The summed E-state index contributed by atoms with van der Waals surface area (Å²) in [7, 11) is -3.59. The van der Waals surface area contributed by atoms with Crippen LogP contribution >= 0.6 is 0 Å². The maximum absolute atomic E-state index is 12.7. The number of amides is 1. The zero-order chi connectivity index (χ0) is 17.3. The molecule has 3 rings (SSSR count). The predicted octanol–water partition coefficient (Wildman–Crippen LogP) is 1.51. The highest BCUT2D eigenvalue weighted by Gasteiger charge is 2.35. The smallest absolute Gasteiger partial charge is 0.243 e. The van der Waals surface area contributed by atoms with Crippen LogP contribution in [0.1, 0.15) is 31.0 Å². The van der Waals surface area contributed by atoms with Crippen LogP contribution in [0, 0.1) is 6.92 Å². The van der Waals surface area contributed by atoms with Gasteiger partial charge in [-0.25, -0.2) is 8.42 Å². The van der Waals surface area contributed by atoms with Crippen LogP contribution in [0.2, 0.25) is 0 Å². The fourth-order valence-electron chi connectivity index (χ4n) is 2.69. The Bertz CT molecular complexity index is 845. The molecule has 1 aromatic heterocycles. The molecule has 1 N–H and O–H groups in total. The molecule has 128 valence electrons. The fraction of sp³-hybridized carbons (Fsp3) is 0.400. The molecule has 0 aliphatic carbocycles. The van der Waals surface area contributed by atoms with Gasteiger partial charge >= 0.3 is 0 Å². The summed E-state index contributed by atoms with van der Waals surface area (Å²) in [4.78, 5) is 11.2. The second-order valence-electron chi connectivity index (χ2n) is 5.71. The van der Waals surface area contributed by atoms with Gasteiger partial charge in [0.1, 0.15) is 0 Å². The minimum Gasteiger partial charge on any atom is -0.425 e. The van der Waals surface area contributed by atoms with Gasteiger partial charge in [-0.3, -0.25) is 4.79 Å². The van der Waals surface area contributed by atoms with Crippen molar-refractivity contribution >= 4 is 21.6 Å². The summed E-state index contributed by atoms with van der Waals surface area (Å²) in [6.45, 7) is 3.82. The summed E-state index contributed by atoms with van der Waals surface area (Å²) in [6.07, 6.45) is 0.644. The van der Waals surface area contributed by atoms with Crippen molar-refractivity contribution in [1.29, 1.82) is 0 Å². The van der Waals surface area contributed by atoms with Crippen LogP contribution < -0.4 is 5.32 Å². The van der Waals surface area contributed by atoms with Gasteiger partial charge in [-0.2, -0.15) is 4.31 Å². The van der Waals surface area contributed by atoms with Gasteiger partial charge in [-0.05, 0) is 30.7 Å². The molecular weight excluding hydrogens is 332 g/mol. The molecule has 24 heavy (non-hydrogen) atoms. The Labute approximate surface area is 139 Å². The molecule has 1 atom stereocenters. The monoisotopic (exact) mass is 350 g/mol. The predicted molar refractivity (Wildman–Crippen MR) is 85.9 cm³/mol. The van der Waals surface area contributed by atoms with E-state index in [1.54, 1.807) is 19.1 Å². The summed E-state index contributed by atoms with van der Waals surface area (Å²) in [5.41, 5.74) is 0.557. The molecule has 0 radical (unpaired) electrons. The van der Waals surface area contributed by atoms with Crippen molar-refractivity contribution in [2.24, 2.45) is 0 Å². The lowest BCUT2D eigenvalue weighted by atomic mass is 10.1. The van der Waals surface area contributed by atoms with Gasteiger partial charge in [-0.1, -0.05) is 0 Å². The number of carbonyl (C=O) groups is 1. The van der Waals surface area contributed by atoms with Crippen LogP contribution in [0.25, 0.3) is 0 Å². The van der Waals surface area contributed by atoms with Crippen LogP contribution in [0.3, 0.4) is 0 Å². The molecule has 1 aliphatic heterocycles. The van der Waals surface area contributed by atoms with E-state index in [0.29, 0.717) is 37.0 Å². The molecule has 2 heterocycles. The number of anilines is 1. The summed E-state index contributed by atoms with van der Waals surface area (Å²) in [6, 6.07) is 6.13. The quantitative estimate of drug-likeness (QED) is 0.896. The average molecular weight is 350 g/mol. The molecule has 1 unspecified atom stereocenters. The van der Waals surface area contributed by atoms with E-state index in [9.17, 15) is 13.2 Å². The van der Waals surface area contributed by atoms with E-state index in [0.717, 1.165) is 0 Å². The lowest BCUT2D eigenvalue weighted by Gasteiger charge is -2.16. The molecule has 1 aromatic carbocycles. The van der Waals surface area contributed by atoms with Gasteiger partial charge in [-0.15, -0.1) is 10.2 Å². The van der Waals surface area contributed by atoms with Crippen molar-refractivity contribution in [3.63, 3.8) is 0 Å². The molecule has 0 spiro atoms. The van der Waals surface area contributed by atoms with E-state index in [1.165, 1.54) is 23.4 Å². The van der Waals surface area contributed by atoms with Crippen LogP contribution in [0.4, 0.5) is 5.69 Å². The normalized spacial score (nSPS) is 18.7. The molecule has 2 aromatic rings. The first-order valence-electron chi connectivity index (χ1n) is 7.54. The number of carbonyl (C=O) groups excluding carboxylic acids is 1. The van der Waals surface area contributed by atoms with Gasteiger partial charge in [0.15, 0.2) is 0 Å². The minimum atomic E-state index is -3.59. The Hall–Kier alpha value is -2.26. The van der Waals surface area contributed by atoms with Crippen LogP contribution in [0.15, 0.2) is 33.6 Å². The minimum absolute atomic E-state index is 0.0837. The van der Waals surface area contributed by atoms with Crippen LogP contribution in [-0.2, 0) is 14.8 Å². The average Bonchev–Trinajstić information content (AvgIpc) is 3.16. The van der Waals surface area contributed by atoms with E-state index in [-0.39, 0.29) is 16.7 Å². The van der Waals surface area contributed by atoms with Crippen molar-refractivity contribution in [3.8, 4) is 0 Å². The van der Waals surface area contributed by atoms with Crippen molar-refractivity contribution in [3.05, 3.63) is 36.0 Å². The Morgan fingerprint density at radius 3 is 2.58 bits per heavy atom. The number of aromatic nitrogens is 2. The van der Waals surface area contributed by atoms with Gasteiger partial charge < -0.3 is 9.73 Å². The number of nitrogens with zero attached hydrogens (tertiary/aromatic N) is 3. The maximum Gasteiger partial charge on any atom is 0.243 e. The lowest BCUT2D eigenvalue weighted by molar-refractivity contribution is -0.114. The Morgan fingerprint density at radius 1 is 1.29 bits per heavy atom. The van der Waals surface area contributed by atoms with Crippen LogP contribution in [-0.4, -0.2) is 41.9 Å². The van der Waals surface area contributed by atoms with Crippen molar-refractivity contribution in [2.75, 3.05) is 18.4 Å². The zero-order valence-electron chi connectivity index (χ0n) is 13.4. The number of benzene rings is 1. The molecule has 8 nitrogen and oxygen atoms in total. The highest BCUT2D eigenvalue weighted by atomic mass is 32.2. The van der Waals surface area contributed by atoms with Crippen molar-refractivity contribution in [1.82, 2.24) is 14.5 Å². The SMILES string of the molecule is CC(=O)Nc1ccc(S(=O)(=O)N2CCC(c3nnc(C)o3)C2)cc1. The van der Waals surface area contributed by atoms with Crippen LogP contribution in [0.5, 0.6) is 0 Å². The summed E-state index contributed by atoms with van der Waals surface area (Å²) < 4.78 is 32.3. The first-order valence-corrected chi connectivity index (χ1v) is 8.98. The molecule has 0 saturated carbocycles. The largest absolute Gasteiger partial charge is 0.425 e. The van der Waals surface area contributed by atoms with Gasteiger partial charge in [0.05, 0.1) is 10.8 Å². The molecule has 9 heteroatoms. The molecule has 1 fully saturated rings. The second kappa shape index (κ2) is 6.33. The lowest BCUT2D eigenvalue weighted by Crippen LogP contribution is -2.28. The fourth-order valence-corrected chi connectivity index (χ4v) is 4.19. The number of sulfonamides is 1. The first-order chi connectivity index (χ1) is 11.4. The molecule has 1 aliphatic rings. The Kier molecular flexibility index (Phi) is 4.37. The summed E-state index contributed by atoms with van der Waals surface area (Å²) in [5.74, 6) is 0.661. The zero-order valence-corrected chi connectivity index (χ0v) is 14.2. The highest BCUT2D eigenvalue weighted by Crippen LogP contribution is 2.30. The second-order valence-corrected chi connectivity index (χ2v) is 7.65. The number of nitrogens with one attached hydrogen (secondary N) is 1. The van der Waals surface area contributed by atoms with E-state index in [4.69, 9.17) is 4.42 Å². The van der Waals surface area contributed by atoms with E-state index in [1.807, 2.05) is 0 Å². The topological polar surface area (TPSA) is 105 Å². The summed E-state index contributed by atoms with van der Waals surface area (Å²) >= 11 is 0. The number of rotatable bonds is 4. The Balaban J connectivity index is 1.75.